The van der Waals surface area contributed by atoms with Gasteiger partial charge in [-0.15, -0.1) is 0 Å². The Hall–Kier alpha value is -5.43. The van der Waals surface area contributed by atoms with E-state index in [0.717, 1.165) is 5.39 Å². The predicted molar refractivity (Wildman–Crippen MR) is 154 cm³/mol. The molecule has 5 aromatic carbocycles. The molecular weight excluding hydrogens is 504 g/mol. The van der Waals surface area contributed by atoms with E-state index in [4.69, 9.17) is 19.1 Å². The minimum Gasteiger partial charge on any atom is -0.507 e. The quantitative estimate of drug-likeness (QED) is 0.150. The molecular formula is C33H22N2O5. The van der Waals surface area contributed by atoms with Gasteiger partial charge in [0.15, 0.2) is 0 Å². The molecule has 194 valence electrons. The molecule has 0 saturated carbocycles. The molecule has 40 heavy (non-hydrogen) atoms. The number of rotatable bonds is 4. The average Bonchev–Trinajstić information content (AvgIpc) is 2.99. The van der Waals surface area contributed by atoms with Gasteiger partial charge in [-0.2, -0.15) is 0 Å². The Morgan fingerprint density at radius 3 is 1.95 bits per heavy atom. The van der Waals surface area contributed by atoms with Gasteiger partial charge in [0, 0.05) is 16.3 Å². The zero-order valence-electron chi connectivity index (χ0n) is 21.3. The number of phenolic OH excluding ortho intramolecular Hbond substituents is 1. The van der Waals surface area contributed by atoms with Crippen molar-refractivity contribution in [3.05, 3.63) is 124 Å². The van der Waals surface area contributed by atoms with Crippen LogP contribution in [0.4, 0.5) is 0 Å². The number of benzene rings is 5. The molecule has 0 aliphatic heterocycles. The van der Waals surface area contributed by atoms with E-state index >= 15 is 0 Å². The van der Waals surface area contributed by atoms with Crippen molar-refractivity contribution in [2.24, 2.45) is 0 Å². The molecule has 7 heteroatoms. The van der Waals surface area contributed by atoms with Crippen LogP contribution in [-0.4, -0.2) is 27.3 Å². The third-order valence-corrected chi connectivity index (χ3v) is 7.36. The van der Waals surface area contributed by atoms with Gasteiger partial charge in [0.25, 0.3) is 0 Å². The molecule has 0 radical (unpaired) electrons. The van der Waals surface area contributed by atoms with Crippen molar-refractivity contribution in [2.45, 2.75) is 5.92 Å². The number of phenols is 1. The van der Waals surface area contributed by atoms with Crippen LogP contribution in [-0.2, 0) is 0 Å². The molecule has 2 aromatic heterocycles. The number of aromatic hydroxyl groups is 2. The summed E-state index contributed by atoms with van der Waals surface area (Å²) in [4.78, 5) is 23.5. The molecule has 0 bridgehead atoms. The van der Waals surface area contributed by atoms with Crippen molar-refractivity contribution in [2.75, 3.05) is 7.11 Å². The molecule has 7 nitrogen and oxygen atoms in total. The molecule has 0 aliphatic carbocycles. The number of hydrogen-bond acceptors (Lipinski definition) is 7. The first-order valence-electron chi connectivity index (χ1n) is 12.7. The van der Waals surface area contributed by atoms with Crippen molar-refractivity contribution in [3.8, 4) is 17.2 Å². The van der Waals surface area contributed by atoms with Gasteiger partial charge in [0.2, 0.25) is 0 Å². The van der Waals surface area contributed by atoms with Crippen LogP contribution < -0.4 is 10.4 Å². The van der Waals surface area contributed by atoms with Crippen LogP contribution in [0.3, 0.4) is 0 Å². The summed E-state index contributed by atoms with van der Waals surface area (Å²) in [5, 5.41) is 25.1. The second-order valence-corrected chi connectivity index (χ2v) is 9.57. The fraction of sp³-hybridized carbons (Fsp3) is 0.0606. The van der Waals surface area contributed by atoms with Crippen molar-refractivity contribution in [1.82, 2.24) is 9.97 Å². The largest absolute Gasteiger partial charge is 0.507 e. The van der Waals surface area contributed by atoms with Gasteiger partial charge in [-0.3, -0.25) is 0 Å². The Kier molecular flexibility index (Phi) is 5.38. The summed E-state index contributed by atoms with van der Waals surface area (Å²) >= 11 is 0. The summed E-state index contributed by atoms with van der Waals surface area (Å²) in [6, 6.07) is 28.8. The van der Waals surface area contributed by atoms with Gasteiger partial charge >= 0.3 is 5.63 Å². The first-order chi connectivity index (χ1) is 19.5. The Morgan fingerprint density at radius 1 is 0.675 bits per heavy atom. The maximum Gasteiger partial charge on any atom is 0.344 e. The zero-order valence-corrected chi connectivity index (χ0v) is 21.3. The first-order valence-corrected chi connectivity index (χ1v) is 12.7. The summed E-state index contributed by atoms with van der Waals surface area (Å²) in [5.41, 5.74) is 2.83. The number of nitrogens with zero attached hydrogens (tertiary/aromatic N) is 2. The third kappa shape index (κ3) is 3.55. The van der Waals surface area contributed by atoms with Crippen LogP contribution in [0, 0.1) is 0 Å². The van der Waals surface area contributed by atoms with Crippen molar-refractivity contribution in [1.29, 1.82) is 0 Å². The van der Waals surface area contributed by atoms with E-state index in [-0.39, 0.29) is 22.6 Å². The van der Waals surface area contributed by atoms with Gasteiger partial charge in [-0.05, 0) is 42.0 Å². The SMILES string of the molecule is COc1ccc(C(c2c(O)c3ccccc3oc2=O)c2c(O)c3ccccc3c3nc4ccccc4nc23)cc1. The smallest absolute Gasteiger partial charge is 0.344 e. The minimum atomic E-state index is -0.950. The fourth-order valence-corrected chi connectivity index (χ4v) is 5.48. The number of fused-ring (bicyclic) bond motifs is 5. The van der Waals surface area contributed by atoms with E-state index in [1.54, 1.807) is 61.7 Å². The lowest BCUT2D eigenvalue weighted by Crippen LogP contribution is -2.16. The van der Waals surface area contributed by atoms with Crippen LogP contribution in [0.1, 0.15) is 22.6 Å². The molecule has 7 rings (SSSR count). The summed E-state index contributed by atoms with van der Waals surface area (Å²) in [7, 11) is 1.57. The van der Waals surface area contributed by atoms with Gasteiger partial charge in [0.1, 0.15) is 22.8 Å². The molecule has 0 aliphatic rings. The molecule has 2 heterocycles. The molecule has 0 spiro atoms. The van der Waals surface area contributed by atoms with Gasteiger partial charge < -0.3 is 19.4 Å². The molecule has 0 fully saturated rings. The highest BCUT2D eigenvalue weighted by atomic mass is 16.5. The topological polar surface area (TPSA) is 106 Å². The summed E-state index contributed by atoms with van der Waals surface area (Å²) in [5.74, 6) is -0.604. The van der Waals surface area contributed by atoms with Crippen LogP contribution >= 0.6 is 0 Å². The van der Waals surface area contributed by atoms with Crippen LogP contribution in [0.15, 0.2) is 106 Å². The van der Waals surface area contributed by atoms with E-state index in [1.165, 1.54) is 0 Å². The van der Waals surface area contributed by atoms with Crippen LogP contribution in [0.5, 0.6) is 17.2 Å². The second-order valence-electron chi connectivity index (χ2n) is 9.57. The number of methoxy groups -OCH3 is 1. The van der Waals surface area contributed by atoms with Crippen LogP contribution in [0.2, 0.25) is 0 Å². The fourth-order valence-electron chi connectivity index (χ4n) is 5.48. The maximum atomic E-state index is 13.6. The van der Waals surface area contributed by atoms with Gasteiger partial charge in [0.05, 0.1) is 46.0 Å². The monoisotopic (exact) mass is 526 g/mol. The zero-order chi connectivity index (χ0) is 27.4. The Labute approximate surface area is 227 Å². The van der Waals surface area contributed by atoms with E-state index in [1.807, 2.05) is 42.5 Å². The summed E-state index contributed by atoms with van der Waals surface area (Å²) < 4.78 is 11.1. The maximum absolute atomic E-state index is 13.6. The average molecular weight is 527 g/mol. The lowest BCUT2D eigenvalue weighted by atomic mass is 9.82. The van der Waals surface area contributed by atoms with Gasteiger partial charge in [-0.25, -0.2) is 14.8 Å². The summed E-state index contributed by atoms with van der Waals surface area (Å²) in [6.07, 6.45) is 0. The van der Waals surface area contributed by atoms with Crippen molar-refractivity contribution >= 4 is 43.8 Å². The third-order valence-electron chi connectivity index (χ3n) is 7.36. The van der Waals surface area contributed by atoms with E-state index in [9.17, 15) is 15.0 Å². The highest BCUT2D eigenvalue weighted by molar-refractivity contribution is 6.11. The molecule has 7 aromatic rings. The predicted octanol–water partition coefficient (Wildman–Crippen LogP) is 6.64. The number of ether oxygens (including phenoxy) is 1. The molecule has 0 amide bonds. The minimum absolute atomic E-state index is 0.00861. The lowest BCUT2D eigenvalue weighted by Gasteiger charge is -2.23. The Balaban J connectivity index is 1.67. The first kappa shape index (κ1) is 23.7. The highest BCUT2D eigenvalue weighted by Gasteiger charge is 2.32. The Bertz CT molecular complexity index is 2150. The molecule has 1 atom stereocenters. The van der Waals surface area contributed by atoms with E-state index in [2.05, 4.69) is 0 Å². The lowest BCUT2D eigenvalue weighted by molar-refractivity contribution is 0.414. The van der Waals surface area contributed by atoms with E-state index < -0.39 is 11.5 Å². The molecule has 1 unspecified atom stereocenters. The Morgan fingerprint density at radius 2 is 1.25 bits per heavy atom. The number of aromatic nitrogens is 2. The summed E-state index contributed by atoms with van der Waals surface area (Å²) in [6.45, 7) is 0. The second kappa shape index (κ2) is 9.10. The van der Waals surface area contributed by atoms with Crippen LogP contribution in [0.25, 0.3) is 43.8 Å². The van der Waals surface area contributed by atoms with Gasteiger partial charge in [-0.1, -0.05) is 60.7 Å². The van der Waals surface area contributed by atoms with Crippen molar-refractivity contribution in [3.63, 3.8) is 0 Å². The number of hydrogen-bond donors (Lipinski definition) is 2. The number of para-hydroxylation sites is 3. The molecule has 0 saturated heterocycles. The molecule has 2 N–H and O–H groups in total. The van der Waals surface area contributed by atoms with E-state index in [0.29, 0.717) is 49.7 Å². The highest BCUT2D eigenvalue weighted by Crippen LogP contribution is 2.47. The normalized spacial score (nSPS) is 12.3. The standard InChI is InChI=1S/C33H22N2O5/c1-39-19-16-14-18(15-17-19)26(28-32(37)22-10-4-7-13-25(22)40-33(28)38)27-30-29(20-8-2-3-9-21(20)31(27)36)34-23-11-5-6-12-24(23)35-30/h2-17,26,36-37H,1H3. The van der Waals surface area contributed by atoms with Crippen molar-refractivity contribution < 1.29 is 19.4 Å².